The average molecular weight is 267 g/mol. The van der Waals surface area contributed by atoms with Gasteiger partial charge in [0.15, 0.2) is 5.84 Å². The lowest BCUT2D eigenvalue weighted by Gasteiger charge is -2.31. The van der Waals surface area contributed by atoms with Gasteiger partial charge in [0.25, 0.3) is 5.91 Å². The minimum atomic E-state index is -0.839. The van der Waals surface area contributed by atoms with Crippen molar-refractivity contribution in [2.24, 2.45) is 17.9 Å². The van der Waals surface area contributed by atoms with Crippen LogP contribution in [0, 0.1) is 6.92 Å². The number of carbonyl (C=O) groups excluding carboxylic acids is 1. The molecule has 0 atom stereocenters. The van der Waals surface area contributed by atoms with E-state index < -0.39 is 5.54 Å². The minimum Gasteiger partial charge on any atom is -0.409 e. The van der Waals surface area contributed by atoms with Crippen LogP contribution in [0.25, 0.3) is 0 Å². The van der Waals surface area contributed by atoms with Crippen LogP contribution in [0.1, 0.15) is 42.7 Å². The van der Waals surface area contributed by atoms with E-state index >= 15 is 0 Å². The number of nitrogens with one attached hydrogen (secondary N) is 1. The third-order valence-corrected chi connectivity index (χ3v) is 3.42. The molecule has 0 aliphatic heterocycles. The maximum absolute atomic E-state index is 12.3. The van der Waals surface area contributed by atoms with Crippen LogP contribution in [0.2, 0.25) is 0 Å². The Balaban J connectivity index is 3.04. The van der Waals surface area contributed by atoms with E-state index in [-0.39, 0.29) is 11.7 Å². The second-order valence-electron chi connectivity index (χ2n) is 4.53. The number of aromatic nitrogens is 2. The quantitative estimate of drug-likeness (QED) is 0.317. The van der Waals surface area contributed by atoms with Crippen molar-refractivity contribution >= 4 is 11.7 Å². The molecule has 0 bridgehead atoms. The highest BCUT2D eigenvalue weighted by molar-refractivity contribution is 6.00. The maximum Gasteiger partial charge on any atom is 0.255 e. The number of nitrogens with zero attached hydrogens (tertiary/aromatic N) is 3. The molecule has 7 heteroatoms. The van der Waals surface area contributed by atoms with Gasteiger partial charge in [0.1, 0.15) is 5.54 Å². The average Bonchev–Trinajstić information content (AvgIpc) is 2.74. The molecule has 0 radical (unpaired) electrons. The van der Waals surface area contributed by atoms with Gasteiger partial charge in [-0.2, -0.15) is 5.10 Å². The Hall–Kier alpha value is -2.05. The van der Waals surface area contributed by atoms with Crippen LogP contribution < -0.4 is 11.1 Å². The number of oxime groups is 1. The van der Waals surface area contributed by atoms with E-state index in [9.17, 15) is 4.79 Å². The van der Waals surface area contributed by atoms with Crippen molar-refractivity contribution in [2.75, 3.05) is 0 Å². The van der Waals surface area contributed by atoms with Crippen molar-refractivity contribution in [1.29, 1.82) is 0 Å². The molecule has 0 saturated heterocycles. The predicted octanol–water partition coefficient (Wildman–Crippen LogP) is 0.764. The van der Waals surface area contributed by atoms with Crippen LogP contribution in [0.15, 0.2) is 11.4 Å². The normalized spacial score (nSPS) is 12.5. The van der Waals surface area contributed by atoms with Crippen molar-refractivity contribution < 1.29 is 10.0 Å². The highest BCUT2D eigenvalue weighted by Crippen LogP contribution is 2.17. The molecule has 0 fully saturated rings. The van der Waals surface area contributed by atoms with Gasteiger partial charge in [0, 0.05) is 13.2 Å². The summed E-state index contributed by atoms with van der Waals surface area (Å²) in [5.74, 6) is -0.270. The van der Waals surface area contributed by atoms with Gasteiger partial charge in [-0.05, 0) is 19.8 Å². The van der Waals surface area contributed by atoms with Crippen molar-refractivity contribution in [3.8, 4) is 0 Å². The molecule has 0 aliphatic rings. The lowest BCUT2D eigenvalue weighted by atomic mass is 9.91. The van der Waals surface area contributed by atoms with Gasteiger partial charge in [0.05, 0.1) is 11.3 Å². The molecule has 0 saturated carbocycles. The first-order chi connectivity index (χ1) is 8.90. The second-order valence-corrected chi connectivity index (χ2v) is 4.53. The van der Waals surface area contributed by atoms with Gasteiger partial charge < -0.3 is 16.3 Å². The molecule has 106 valence electrons. The summed E-state index contributed by atoms with van der Waals surface area (Å²) in [6.07, 6.45) is 2.71. The number of hydrogen-bond donors (Lipinski definition) is 3. The summed E-state index contributed by atoms with van der Waals surface area (Å²) in [4.78, 5) is 12.3. The highest BCUT2D eigenvalue weighted by Gasteiger charge is 2.34. The van der Waals surface area contributed by atoms with Crippen LogP contribution in [-0.4, -0.2) is 32.3 Å². The van der Waals surface area contributed by atoms with Crippen LogP contribution in [0.5, 0.6) is 0 Å². The highest BCUT2D eigenvalue weighted by atomic mass is 16.4. The Morgan fingerprint density at radius 3 is 2.53 bits per heavy atom. The first-order valence-corrected chi connectivity index (χ1v) is 6.21. The Kier molecular flexibility index (Phi) is 4.52. The summed E-state index contributed by atoms with van der Waals surface area (Å²) in [5.41, 5.74) is 5.99. The Labute approximate surface area is 112 Å². The predicted molar refractivity (Wildman–Crippen MR) is 72.1 cm³/mol. The molecular weight excluding hydrogens is 246 g/mol. The topological polar surface area (TPSA) is 106 Å². The zero-order chi connectivity index (χ0) is 14.6. The molecule has 0 unspecified atom stereocenters. The number of amides is 1. The molecule has 1 rings (SSSR count). The number of carbonyl (C=O) groups is 1. The smallest absolute Gasteiger partial charge is 0.255 e. The number of hydrogen-bond acceptors (Lipinski definition) is 4. The van der Waals surface area contributed by atoms with Crippen molar-refractivity contribution in [2.45, 2.75) is 39.2 Å². The summed E-state index contributed by atoms with van der Waals surface area (Å²) in [6, 6.07) is 0. The molecule has 1 aromatic heterocycles. The molecule has 1 heterocycles. The number of amidine groups is 1. The largest absolute Gasteiger partial charge is 0.409 e. The van der Waals surface area contributed by atoms with E-state index in [2.05, 4.69) is 15.6 Å². The summed E-state index contributed by atoms with van der Waals surface area (Å²) >= 11 is 0. The van der Waals surface area contributed by atoms with Crippen molar-refractivity contribution in [1.82, 2.24) is 15.1 Å². The summed E-state index contributed by atoms with van der Waals surface area (Å²) < 4.78 is 1.58. The SMILES string of the molecule is CCC(CC)(NC(=O)c1cn(C)nc1C)C(N)=NO. The monoisotopic (exact) mass is 267 g/mol. The maximum atomic E-state index is 12.3. The molecular formula is C12H21N5O2. The Morgan fingerprint density at radius 1 is 1.58 bits per heavy atom. The van der Waals surface area contributed by atoms with E-state index in [1.165, 1.54) is 0 Å². The summed E-state index contributed by atoms with van der Waals surface area (Å²) in [7, 11) is 1.75. The number of aryl methyl sites for hydroxylation is 2. The molecule has 0 aliphatic carbocycles. The Morgan fingerprint density at radius 2 is 2.16 bits per heavy atom. The van der Waals surface area contributed by atoms with Crippen LogP contribution in [-0.2, 0) is 7.05 Å². The molecule has 19 heavy (non-hydrogen) atoms. The Bertz CT molecular complexity index is 488. The van der Waals surface area contributed by atoms with E-state index in [0.717, 1.165) is 0 Å². The standard InChI is InChI=1S/C12H21N5O2/c1-5-12(6-2,11(13)16-19)14-10(18)9-7-17(4)15-8(9)3/h7,19H,5-6H2,1-4H3,(H2,13,16)(H,14,18). The third-order valence-electron chi connectivity index (χ3n) is 3.42. The van der Waals surface area contributed by atoms with E-state index in [1.54, 1.807) is 24.9 Å². The molecule has 7 nitrogen and oxygen atoms in total. The third kappa shape index (κ3) is 2.86. The molecule has 0 aromatic carbocycles. The van der Waals surface area contributed by atoms with Crippen LogP contribution >= 0.6 is 0 Å². The van der Waals surface area contributed by atoms with E-state index in [1.807, 2.05) is 13.8 Å². The van der Waals surface area contributed by atoms with Gasteiger partial charge in [0.2, 0.25) is 0 Å². The van der Waals surface area contributed by atoms with Gasteiger partial charge in [-0.15, -0.1) is 0 Å². The zero-order valence-corrected chi connectivity index (χ0v) is 11.8. The number of rotatable bonds is 5. The zero-order valence-electron chi connectivity index (χ0n) is 11.8. The first kappa shape index (κ1) is 15.0. The van der Waals surface area contributed by atoms with Gasteiger partial charge >= 0.3 is 0 Å². The van der Waals surface area contributed by atoms with Gasteiger partial charge in [-0.25, -0.2) is 0 Å². The van der Waals surface area contributed by atoms with Crippen molar-refractivity contribution in [3.63, 3.8) is 0 Å². The lowest BCUT2D eigenvalue weighted by molar-refractivity contribution is 0.0917. The minimum absolute atomic E-state index is 0.00685. The molecule has 4 N–H and O–H groups in total. The van der Waals surface area contributed by atoms with Gasteiger partial charge in [-0.1, -0.05) is 19.0 Å². The molecule has 1 aromatic rings. The van der Waals surface area contributed by atoms with Gasteiger partial charge in [-0.3, -0.25) is 9.48 Å². The lowest BCUT2D eigenvalue weighted by Crippen LogP contribution is -2.56. The number of nitrogens with two attached hydrogens (primary N) is 1. The van der Waals surface area contributed by atoms with Crippen molar-refractivity contribution in [3.05, 3.63) is 17.5 Å². The van der Waals surface area contributed by atoms with Crippen LogP contribution in [0.3, 0.4) is 0 Å². The molecule has 0 spiro atoms. The molecule has 1 amide bonds. The van der Waals surface area contributed by atoms with E-state index in [0.29, 0.717) is 24.1 Å². The van der Waals surface area contributed by atoms with Crippen LogP contribution in [0.4, 0.5) is 0 Å². The fourth-order valence-electron chi connectivity index (χ4n) is 2.06. The second kappa shape index (κ2) is 5.73. The fourth-order valence-corrected chi connectivity index (χ4v) is 2.06. The summed E-state index contributed by atoms with van der Waals surface area (Å²) in [6.45, 7) is 5.51. The summed E-state index contributed by atoms with van der Waals surface area (Å²) in [5, 5.41) is 18.9. The fraction of sp³-hybridized carbons (Fsp3) is 0.583. The van der Waals surface area contributed by atoms with E-state index in [4.69, 9.17) is 10.9 Å². The first-order valence-electron chi connectivity index (χ1n) is 6.21.